The van der Waals surface area contributed by atoms with E-state index in [1.54, 1.807) is 0 Å². The van der Waals surface area contributed by atoms with Gasteiger partial charge in [-0.2, -0.15) is 0 Å². The summed E-state index contributed by atoms with van der Waals surface area (Å²) < 4.78 is 5.55. The van der Waals surface area contributed by atoms with Gasteiger partial charge in [-0.3, -0.25) is 4.79 Å². The predicted octanol–water partition coefficient (Wildman–Crippen LogP) is 2.23. The molecule has 3 heteroatoms. The molecular weight excluding hydrogens is 202 g/mol. The predicted molar refractivity (Wildman–Crippen MR) is 65.1 cm³/mol. The monoisotopic (exact) mass is 221 g/mol. The molecule has 0 saturated carbocycles. The summed E-state index contributed by atoms with van der Waals surface area (Å²) in [5, 5.41) is 0. The summed E-state index contributed by atoms with van der Waals surface area (Å²) in [4.78, 5) is 11.8. The van der Waals surface area contributed by atoms with E-state index in [0.717, 1.165) is 11.1 Å². The highest BCUT2D eigenvalue weighted by molar-refractivity contribution is 5.99. The van der Waals surface area contributed by atoms with Crippen LogP contribution in [0.25, 0.3) is 0 Å². The molecule has 0 aliphatic rings. The Morgan fingerprint density at radius 3 is 2.62 bits per heavy atom. The number of Topliss-reactive ketones (excluding diaryl/α,β-unsaturated/α-hetero) is 1. The molecule has 0 radical (unpaired) electrons. The second kappa shape index (κ2) is 5.66. The second-order valence-corrected chi connectivity index (χ2v) is 3.78. The first-order chi connectivity index (χ1) is 7.61. The Bertz CT molecular complexity index is 386. The average molecular weight is 221 g/mol. The Morgan fingerprint density at radius 2 is 2.06 bits per heavy atom. The lowest BCUT2D eigenvalue weighted by atomic mass is 10.00. The number of nitrogens with two attached hydrogens (primary N) is 1. The Morgan fingerprint density at radius 1 is 1.38 bits per heavy atom. The summed E-state index contributed by atoms with van der Waals surface area (Å²) >= 11 is 0. The zero-order valence-electron chi connectivity index (χ0n) is 10.2. The van der Waals surface area contributed by atoms with Gasteiger partial charge in [0.15, 0.2) is 5.78 Å². The molecule has 0 fully saturated rings. The quantitative estimate of drug-likeness (QED) is 0.776. The molecule has 0 unspecified atom stereocenters. The first-order valence-corrected chi connectivity index (χ1v) is 5.58. The molecule has 1 aromatic carbocycles. The van der Waals surface area contributed by atoms with Gasteiger partial charge in [-0.15, -0.1) is 0 Å². The van der Waals surface area contributed by atoms with Crippen molar-refractivity contribution >= 4 is 5.78 Å². The summed E-state index contributed by atoms with van der Waals surface area (Å²) in [5.74, 6) is 0.759. The van der Waals surface area contributed by atoms with Crippen molar-refractivity contribution in [3.63, 3.8) is 0 Å². The number of carbonyl (C=O) groups excluding carboxylic acids is 1. The molecule has 1 aromatic rings. The third-order valence-electron chi connectivity index (χ3n) is 2.64. The number of ketones is 1. The molecule has 0 saturated heterocycles. The number of hydrogen-bond donors (Lipinski definition) is 1. The van der Waals surface area contributed by atoms with E-state index in [0.29, 0.717) is 30.9 Å². The fraction of sp³-hybridized carbons (Fsp3) is 0.462. The highest BCUT2D eigenvalue weighted by Gasteiger charge is 2.14. The molecular formula is C13H19NO2. The molecule has 0 heterocycles. The first kappa shape index (κ1) is 12.7. The zero-order valence-corrected chi connectivity index (χ0v) is 10.2. The van der Waals surface area contributed by atoms with E-state index in [2.05, 4.69) is 0 Å². The van der Waals surface area contributed by atoms with Gasteiger partial charge in [-0.1, -0.05) is 6.07 Å². The van der Waals surface area contributed by atoms with Crippen molar-refractivity contribution in [2.45, 2.75) is 27.2 Å². The van der Waals surface area contributed by atoms with Gasteiger partial charge in [0.25, 0.3) is 0 Å². The van der Waals surface area contributed by atoms with E-state index < -0.39 is 0 Å². The molecule has 16 heavy (non-hydrogen) atoms. The molecule has 0 aromatic heterocycles. The van der Waals surface area contributed by atoms with Crippen LogP contribution < -0.4 is 10.5 Å². The van der Waals surface area contributed by atoms with Gasteiger partial charge in [0.2, 0.25) is 0 Å². The van der Waals surface area contributed by atoms with Crippen molar-refractivity contribution in [3.05, 3.63) is 28.8 Å². The Labute approximate surface area is 96.6 Å². The molecule has 0 bridgehead atoms. The molecule has 0 aliphatic heterocycles. The van der Waals surface area contributed by atoms with Crippen LogP contribution in [0.1, 0.15) is 34.8 Å². The number of carbonyl (C=O) groups is 1. The van der Waals surface area contributed by atoms with Crippen LogP contribution >= 0.6 is 0 Å². The van der Waals surface area contributed by atoms with Crippen molar-refractivity contribution in [1.82, 2.24) is 0 Å². The maximum Gasteiger partial charge on any atom is 0.167 e. The van der Waals surface area contributed by atoms with Crippen LogP contribution in [0.2, 0.25) is 0 Å². The van der Waals surface area contributed by atoms with Gasteiger partial charge in [0.05, 0.1) is 12.2 Å². The van der Waals surface area contributed by atoms with Gasteiger partial charge in [0, 0.05) is 6.42 Å². The second-order valence-electron chi connectivity index (χ2n) is 3.78. The van der Waals surface area contributed by atoms with E-state index in [1.807, 2.05) is 32.9 Å². The molecule has 2 N–H and O–H groups in total. The van der Waals surface area contributed by atoms with Crippen LogP contribution in [0.4, 0.5) is 0 Å². The highest BCUT2D eigenvalue weighted by atomic mass is 16.5. The van der Waals surface area contributed by atoms with Crippen molar-refractivity contribution < 1.29 is 9.53 Å². The largest absolute Gasteiger partial charge is 0.493 e. The number of rotatable bonds is 5. The van der Waals surface area contributed by atoms with E-state index in [1.165, 1.54) is 0 Å². The third-order valence-corrected chi connectivity index (χ3v) is 2.64. The number of benzene rings is 1. The normalized spacial score (nSPS) is 10.2. The minimum absolute atomic E-state index is 0.0500. The molecule has 0 spiro atoms. The first-order valence-electron chi connectivity index (χ1n) is 5.58. The van der Waals surface area contributed by atoms with Crippen LogP contribution in [0.3, 0.4) is 0 Å². The highest BCUT2D eigenvalue weighted by Crippen LogP contribution is 2.27. The van der Waals surface area contributed by atoms with Crippen LogP contribution in [0, 0.1) is 13.8 Å². The molecule has 1 rings (SSSR count). The van der Waals surface area contributed by atoms with Gasteiger partial charge in [-0.05, 0) is 44.5 Å². The van der Waals surface area contributed by atoms with Gasteiger partial charge >= 0.3 is 0 Å². The molecule has 0 aliphatic carbocycles. The fourth-order valence-corrected chi connectivity index (χ4v) is 1.61. The van der Waals surface area contributed by atoms with Crippen molar-refractivity contribution in [1.29, 1.82) is 0 Å². The van der Waals surface area contributed by atoms with Crippen LogP contribution in [-0.4, -0.2) is 18.9 Å². The number of ether oxygens (including phenoxy) is 1. The Hall–Kier alpha value is -1.35. The maximum atomic E-state index is 11.8. The third kappa shape index (κ3) is 2.61. The van der Waals surface area contributed by atoms with Crippen molar-refractivity contribution in [2.24, 2.45) is 5.73 Å². The maximum absolute atomic E-state index is 11.8. The van der Waals surface area contributed by atoms with Crippen LogP contribution in [0.5, 0.6) is 5.75 Å². The van der Waals surface area contributed by atoms with E-state index in [4.69, 9.17) is 10.5 Å². The molecule has 3 nitrogen and oxygen atoms in total. The summed E-state index contributed by atoms with van der Waals surface area (Å²) in [7, 11) is 0. The number of aryl methyl sites for hydroxylation is 1. The Balaban J connectivity index is 3.17. The van der Waals surface area contributed by atoms with Crippen molar-refractivity contribution in [3.8, 4) is 5.75 Å². The van der Waals surface area contributed by atoms with Gasteiger partial charge in [0.1, 0.15) is 5.75 Å². The molecule has 88 valence electrons. The lowest BCUT2D eigenvalue weighted by Crippen LogP contribution is -2.11. The zero-order chi connectivity index (χ0) is 12.1. The minimum Gasteiger partial charge on any atom is -0.493 e. The summed E-state index contributed by atoms with van der Waals surface area (Å²) in [6.07, 6.45) is 0.364. The molecule has 0 atom stereocenters. The van der Waals surface area contributed by atoms with Crippen LogP contribution in [-0.2, 0) is 0 Å². The minimum atomic E-state index is 0.0500. The standard InChI is InChI=1S/C13H19NO2/c1-4-16-13-10(3)9(2)5-6-11(13)12(15)7-8-14/h5-6H,4,7-8,14H2,1-3H3. The topological polar surface area (TPSA) is 52.3 Å². The van der Waals surface area contributed by atoms with Gasteiger partial charge < -0.3 is 10.5 Å². The fourth-order valence-electron chi connectivity index (χ4n) is 1.61. The summed E-state index contributed by atoms with van der Waals surface area (Å²) in [6, 6.07) is 3.77. The lowest BCUT2D eigenvalue weighted by Gasteiger charge is -2.14. The summed E-state index contributed by atoms with van der Waals surface area (Å²) in [5.41, 5.74) is 8.21. The van der Waals surface area contributed by atoms with Crippen molar-refractivity contribution in [2.75, 3.05) is 13.2 Å². The molecule has 0 amide bonds. The van der Waals surface area contributed by atoms with E-state index in [9.17, 15) is 4.79 Å². The number of hydrogen-bond acceptors (Lipinski definition) is 3. The average Bonchev–Trinajstić information content (AvgIpc) is 2.25. The Kier molecular flexibility index (Phi) is 4.50. The van der Waals surface area contributed by atoms with E-state index >= 15 is 0 Å². The van der Waals surface area contributed by atoms with Crippen LogP contribution in [0.15, 0.2) is 12.1 Å². The van der Waals surface area contributed by atoms with E-state index in [-0.39, 0.29) is 5.78 Å². The lowest BCUT2D eigenvalue weighted by molar-refractivity contribution is 0.0981. The SMILES string of the molecule is CCOc1c(C(=O)CCN)ccc(C)c1C. The van der Waals surface area contributed by atoms with Gasteiger partial charge in [-0.25, -0.2) is 0 Å². The smallest absolute Gasteiger partial charge is 0.167 e. The summed E-state index contributed by atoms with van der Waals surface area (Å²) in [6.45, 7) is 6.83.